The highest BCUT2D eigenvalue weighted by Crippen LogP contribution is 2.55. The minimum Gasteiger partial charge on any atom is -0.399 e. The number of fused-ring (bicyclic) bond motifs is 1. The number of nitrogens with two attached hydrogens (primary N) is 1. The van der Waals surface area contributed by atoms with Gasteiger partial charge in [0.2, 0.25) is 5.91 Å². The van der Waals surface area contributed by atoms with Gasteiger partial charge in [-0.05, 0) is 17.2 Å². The van der Waals surface area contributed by atoms with Crippen LogP contribution in [0.2, 0.25) is 5.02 Å². The Morgan fingerprint density at radius 2 is 1.96 bits per heavy atom. The maximum absolute atomic E-state index is 11.9. The molecule has 0 spiro atoms. The van der Waals surface area contributed by atoms with E-state index in [1.165, 1.54) is 6.92 Å². The van der Waals surface area contributed by atoms with Crippen LogP contribution in [0.3, 0.4) is 0 Å². The van der Waals surface area contributed by atoms with Crippen LogP contribution in [-0.2, 0) is 4.79 Å². The highest BCUT2D eigenvalue weighted by molar-refractivity contribution is 6.31. The van der Waals surface area contributed by atoms with E-state index in [9.17, 15) is 20.6 Å². The van der Waals surface area contributed by atoms with Crippen molar-refractivity contribution >= 4 is 17.5 Å². The maximum atomic E-state index is 11.9. The van der Waals surface area contributed by atoms with Gasteiger partial charge in [0.1, 0.15) is 6.07 Å². The Labute approximate surface area is 162 Å². The van der Waals surface area contributed by atoms with Crippen molar-refractivity contribution in [2.45, 2.75) is 12.8 Å². The lowest BCUT2D eigenvalue weighted by atomic mass is 9.58. The number of hydrogen-bond donors (Lipinski definition) is 1. The Kier molecular flexibility index (Phi) is 4.66. The molecule has 7 heteroatoms. The number of hydrogen-bond acceptors (Lipinski definition) is 5. The standard InChI is InChI=1S/C20H16ClN5O/c1-12(27)26-7-6-13-15(8-22)19(25)20(10-23,11-24)18(16(13)9-26)14-4-2-3-5-17(14)21/h2-6,16,18H,7,9,25H2,1H3/t16-,18-/m0/s1. The fourth-order valence-corrected chi connectivity index (χ4v) is 4.26. The Hall–Kier alpha value is -3.27. The molecule has 1 heterocycles. The molecule has 1 aliphatic heterocycles. The van der Waals surface area contributed by atoms with Crippen LogP contribution >= 0.6 is 11.6 Å². The molecule has 0 unspecified atom stereocenters. The van der Waals surface area contributed by atoms with Crippen molar-refractivity contribution in [3.63, 3.8) is 0 Å². The van der Waals surface area contributed by atoms with Gasteiger partial charge in [-0.1, -0.05) is 35.9 Å². The van der Waals surface area contributed by atoms with Crippen LogP contribution in [-0.4, -0.2) is 23.9 Å². The van der Waals surface area contributed by atoms with Gasteiger partial charge in [0.25, 0.3) is 0 Å². The van der Waals surface area contributed by atoms with Crippen LogP contribution in [0.5, 0.6) is 0 Å². The number of benzene rings is 1. The Bertz CT molecular complexity index is 990. The van der Waals surface area contributed by atoms with Crippen molar-refractivity contribution in [2.24, 2.45) is 17.1 Å². The Morgan fingerprint density at radius 3 is 2.52 bits per heavy atom. The zero-order valence-corrected chi connectivity index (χ0v) is 15.4. The summed E-state index contributed by atoms with van der Waals surface area (Å²) in [4.78, 5) is 13.6. The Morgan fingerprint density at radius 1 is 1.30 bits per heavy atom. The van der Waals surface area contributed by atoms with Crippen LogP contribution in [0.4, 0.5) is 0 Å². The van der Waals surface area contributed by atoms with Gasteiger partial charge in [0.15, 0.2) is 5.41 Å². The van der Waals surface area contributed by atoms with Gasteiger partial charge in [0, 0.05) is 36.9 Å². The first kappa shape index (κ1) is 18.5. The molecule has 0 bridgehead atoms. The van der Waals surface area contributed by atoms with E-state index in [2.05, 4.69) is 6.07 Å². The number of halogens is 1. The third-order valence-corrected chi connectivity index (χ3v) is 5.69. The molecule has 0 fully saturated rings. The van der Waals surface area contributed by atoms with E-state index in [0.717, 1.165) is 0 Å². The molecule has 0 aromatic heterocycles. The molecular formula is C20H16ClN5O. The summed E-state index contributed by atoms with van der Waals surface area (Å²) in [6.45, 7) is 2.09. The van der Waals surface area contributed by atoms with E-state index in [1.807, 2.05) is 12.1 Å². The molecule has 0 saturated heterocycles. The number of carbonyl (C=O) groups is 1. The molecule has 2 aliphatic rings. The monoisotopic (exact) mass is 377 g/mol. The topological polar surface area (TPSA) is 118 Å². The van der Waals surface area contributed by atoms with Gasteiger partial charge in [0.05, 0.1) is 23.4 Å². The summed E-state index contributed by atoms with van der Waals surface area (Å²) in [5.41, 5.74) is 5.82. The summed E-state index contributed by atoms with van der Waals surface area (Å²) in [5.74, 6) is -1.26. The molecule has 1 aromatic carbocycles. The summed E-state index contributed by atoms with van der Waals surface area (Å²) >= 11 is 6.41. The van der Waals surface area contributed by atoms with Crippen molar-refractivity contribution in [2.75, 3.05) is 13.1 Å². The highest BCUT2D eigenvalue weighted by Gasteiger charge is 2.55. The van der Waals surface area contributed by atoms with Gasteiger partial charge >= 0.3 is 0 Å². The molecule has 0 saturated carbocycles. The predicted molar refractivity (Wildman–Crippen MR) is 98.5 cm³/mol. The minimum atomic E-state index is -1.75. The summed E-state index contributed by atoms with van der Waals surface area (Å²) in [6.07, 6.45) is 1.78. The lowest BCUT2D eigenvalue weighted by Crippen LogP contribution is -2.49. The molecule has 27 heavy (non-hydrogen) atoms. The van der Waals surface area contributed by atoms with Crippen LogP contribution in [0.25, 0.3) is 0 Å². The fraction of sp³-hybridized carbons (Fsp3) is 0.300. The van der Waals surface area contributed by atoms with Gasteiger partial charge in [-0.25, -0.2) is 0 Å². The quantitative estimate of drug-likeness (QED) is 0.806. The van der Waals surface area contributed by atoms with E-state index in [1.54, 1.807) is 35.2 Å². The Balaban J connectivity index is 2.35. The summed E-state index contributed by atoms with van der Waals surface area (Å²) in [7, 11) is 0. The molecule has 6 nitrogen and oxygen atoms in total. The molecule has 1 amide bonds. The molecule has 2 atom stereocenters. The first-order valence-electron chi connectivity index (χ1n) is 8.34. The lowest BCUT2D eigenvalue weighted by molar-refractivity contribution is -0.129. The van der Waals surface area contributed by atoms with Gasteiger partial charge < -0.3 is 10.6 Å². The smallest absolute Gasteiger partial charge is 0.219 e. The van der Waals surface area contributed by atoms with Crippen molar-refractivity contribution in [3.8, 4) is 18.2 Å². The largest absolute Gasteiger partial charge is 0.399 e. The molecule has 2 N–H and O–H groups in total. The average molecular weight is 378 g/mol. The second-order valence-corrected chi connectivity index (χ2v) is 7.03. The van der Waals surface area contributed by atoms with Crippen LogP contribution in [0, 0.1) is 45.3 Å². The number of nitriles is 3. The fourth-order valence-electron chi connectivity index (χ4n) is 4.01. The van der Waals surface area contributed by atoms with E-state index in [4.69, 9.17) is 17.3 Å². The molecule has 0 radical (unpaired) electrons. The molecule has 3 rings (SSSR count). The zero-order valence-electron chi connectivity index (χ0n) is 14.6. The summed E-state index contributed by atoms with van der Waals surface area (Å²) in [6, 6.07) is 13.1. The SMILES string of the molecule is CC(=O)N1CC=C2C(C#N)=C(N)C(C#N)(C#N)[C@@H](c3ccccc3Cl)[C@H]2C1. The third kappa shape index (κ3) is 2.65. The second kappa shape index (κ2) is 6.80. The number of rotatable bonds is 1. The van der Waals surface area contributed by atoms with Crippen molar-refractivity contribution in [1.29, 1.82) is 15.8 Å². The van der Waals surface area contributed by atoms with E-state index in [0.29, 0.717) is 22.7 Å². The van der Waals surface area contributed by atoms with Crippen LogP contribution in [0.1, 0.15) is 18.4 Å². The van der Waals surface area contributed by atoms with Crippen LogP contribution in [0.15, 0.2) is 47.2 Å². The summed E-state index contributed by atoms with van der Waals surface area (Å²) in [5, 5.41) is 30.0. The maximum Gasteiger partial charge on any atom is 0.219 e. The number of nitrogens with zero attached hydrogens (tertiary/aromatic N) is 4. The zero-order chi connectivity index (χ0) is 19.8. The number of allylic oxidation sites excluding steroid dienone is 2. The van der Waals surface area contributed by atoms with Crippen LogP contribution < -0.4 is 5.73 Å². The molecule has 1 aromatic rings. The number of carbonyl (C=O) groups excluding carboxylic acids is 1. The van der Waals surface area contributed by atoms with E-state index in [-0.39, 0.29) is 23.7 Å². The van der Waals surface area contributed by atoms with Gasteiger partial charge in [-0.15, -0.1) is 0 Å². The lowest BCUT2D eigenvalue weighted by Gasteiger charge is -2.45. The van der Waals surface area contributed by atoms with Crippen molar-refractivity contribution < 1.29 is 4.79 Å². The normalized spacial score (nSPS) is 23.4. The molecule has 1 aliphatic carbocycles. The number of amides is 1. The van der Waals surface area contributed by atoms with Gasteiger partial charge in [-0.2, -0.15) is 15.8 Å². The van der Waals surface area contributed by atoms with Gasteiger partial charge in [-0.3, -0.25) is 4.79 Å². The predicted octanol–water partition coefficient (Wildman–Crippen LogP) is 2.61. The van der Waals surface area contributed by atoms with Crippen molar-refractivity contribution in [3.05, 3.63) is 57.8 Å². The van der Waals surface area contributed by atoms with E-state index >= 15 is 0 Å². The average Bonchev–Trinajstić information content (AvgIpc) is 2.67. The summed E-state index contributed by atoms with van der Waals surface area (Å²) < 4.78 is 0. The first-order chi connectivity index (χ1) is 12.9. The third-order valence-electron chi connectivity index (χ3n) is 5.35. The van der Waals surface area contributed by atoms with Crippen molar-refractivity contribution in [1.82, 2.24) is 4.90 Å². The molecule has 134 valence electrons. The van der Waals surface area contributed by atoms with E-state index < -0.39 is 17.3 Å². The second-order valence-electron chi connectivity index (χ2n) is 6.62. The molecular weight excluding hydrogens is 362 g/mol. The highest BCUT2D eigenvalue weighted by atomic mass is 35.5. The minimum absolute atomic E-state index is 0.0568. The first-order valence-corrected chi connectivity index (χ1v) is 8.72.